The minimum absolute atomic E-state index is 0.0476. The van der Waals surface area contributed by atoms with E-state index < -0.39 is 0 Å². The van der Waals surface area contributed by atoms with Crippen molar-refractivity contribution in [1.82, 2.24) is 14.8 Å². The predicted octanol–water partition coefficient (Wildman–Crippen LogP) is 6.15. The number of amides is 1. The fourth-order valence-electron chi connectivity index (χ4n) is 3.35. The zero-order chi connectivity index (χ0) is 23.8. The zero-order valence-corrected chi connectivity index (χ0v) is 20.9. The Kier molecular flexibility index (Phi) is 8.95. The maximum atomic E-state index is 13.0. The first-order valence-electron chi connectivity index (χ1n) is 11.5. The summed E-state index contributed by atoms with van der Waals surface area (Å²) in [6, 6.07) is 17.6. The Balaban J connectivity index is 1.71. The highest BCUT2D eigenvalue weighted by Gasteiger charge is 2.21. The summed E-state index contributed by atoms with van der Waals surface area (Å²) in [6.45, 7) is 11.7. The van der Waals surface area contributed by atoms with Gasteiger partial charge < -0.3 is 14.6 Å². The van der Waals surface area contributed by atoms with Crippen molar-refractivity contribution in [3.05, 3.63) is 66.0 Å². The zero-order valence-electron chi connectivity index (χ0n) is 20.1. The number of nitrogens with one attached hydrogen (secondary N) is 1. The predicted molar refractivity (Wildman–Crippen MR) is 135 cm³/mol. The van der Waals surface area contributed by atoms with Gasteiger partial charge in [-0.25, -0.2) is 0 Å². The van der Waals surface area contributed by atoms with Crippen molar-refractivity contribution in [2.45, 2.75) is 70.5 Å². The largest absolute Gasteiger partial charge is 0.486 e. The number of rotatable bonds is 11. The van der Waals surface area contributed by atoms with E-state index in [1.54, 1.807) is 0 Å². The van der Waals surface area contributed by atoms with Crippen LogP contribution in [0.2, 0.25) is 0 Å². The molecule has 3 aromatic rings. The summed E-state index contributed by atoms with van der Waals surface area (Å²) in [5.74, 6) is 2.38. The summed E-state index contributed by atoms with van der Waals surface area (Å²) in [5, 5.41) is 12.3. The molecule has 0 saturated carbocycles. The second-order valence-corrected chi connectivity index (χ2v) is 10.1. The fraction of sp³-hybridized carbons (Fsp3) is 0.423. The van der Waals surface area contributed by atoms with E-state index in [2.05, 4.69) is 53.8 Å². The number of anilines is 1. The molecule has 0 fully saturated rings. The molecule has 0 aliphatic carbocycles. The van der Waals surface area contributed by atoms with Gasteiger partial charge in [0.2, 0.25) is 5.91 Å². The Morgan fingerprint density at radius 2 is 1.70 bits per heavy atom. The quantitative estimate of drug-likeness (QED) is 0.343. The second kappa shape index (κ2) is 11.9. The van der Waals surface area contributed by atoms with E-state index in [0.29, 0.717) is 18.4 Å². The molecule has 3 rings (SSSR count). The van der Waals surface area contributed by atoms with E-state index in [1.165, 1.54) is 11.8 Å². The topological polar surface area (TPSA) is 69.0 Å². The van der Waals surface area contributed by atoms with Crippen LogP contribution in [-0.2, 0) is 17.9 Å². The van der Waals surface area contributed by atoms with Gasteiger partial charge in [0.05, 0.1) is 5.25 Å². The van der Waals surface area contributed by atoms with Crippen LogP contribution in [0.3, 0.4) is 0 Å². The van der Waals surface area contributed by atoms with E-state index >= 15 is 0 Å². The first-order chi connectivity index (χ1) is 15.8. The van der Waals surface area contributed by atoms with Crippen LogP contribution in [0.4, 0.5) is 5.69 Å². The minimum atomic E-state index is -0.324. The maximum Gasteiger partial charge on any atom is 0.237 e. The van der Waals surface area contributed by atoms with Gasteiger partial charge in [-0.2, -0.15) is 0 Å². The highest BCUT2D eigenvalue weighted by atomic mass is 32.2. The van der Waals surface area contributed by atoms with Crippen molar-refractivity contribution < 1.29 is 9.53 Å². The Bertz CT molecular complexity index is 1030. The van der Waals surface area contributed by atoms with E-state index in [4.69, 9.17) is 4.74 Å². The SMILES string of the molecule is CC(C)CCn1c(COc2ccccc2)nnc1SC(C)C(=O)Nc1ccccc1C(C)C. The number of hydrogen-bond acceptors (Lipinski definition) is 5. The summed E-state index contributed by atoms with van der Waals surface area (Å²) in [4.78, 5) is 13.0. The number of para-hydroxylation sites is 2. The van der Waals surface area contributed by atoms with Crippen LogP contribution in [-0.4, -0.2) is 25.9 Å². The van der Waals surface area contributed by atoms with E-state index in [1.807, 2.05) is 55.5 Å². The molecule has 1 amide bonds. The van der Waals surface area contributed by atoms with Gasteiger partial charge in [0.25, 0.3) is 0 Å². The lowest BCUT2D eigenvalue weighted by molar-refractivity contribution is -0.115. The molecule has 0 aliphatic rings. The summed E-state index contributed by atoms with van der Waals surface area (Å²) in [7, 11) is 0. The number of ether oxygens (including phenoxy) is 1. The lowest BCUT2D eigenvalue weighted by Crippen LogP contribution is -2.24. The first kappa shape index (κ1) is 24.8. The number of carbonyl (C=O) groups excluding carboxylic acids is 1. The summed E-state index contributed by atoms with van der Waals surface area (Å²) in [6.07, 6.45) is 0.992. The number of carbonyl (C=O) groups is 1. The Morgan fingerprint density at radius 3 is 2.39 bits per heavy atom. The number of nitrogens with zero attached hydrogens (tertiary/aromatic N) is 3. The molecule has 2 aromatic carbocycles. The number of benzene rings is 2. The minimum Gasteiger partial charge on any atom is -0.486 e. The van der Waals surface area contributed by atoms with Crippen LogP contribution in [0, 0.1) is 5.92 Å². The smallest absolute Gasteiger partial charge is 0.237 e. The molecule has 0 spiro atoms. The van der Waals surface area contributed by atoms with E-state index in [-0.39, 0.29) is 11.2 Å². The van der Waals surface area contributed by atoms with Crippen molar-refractivity contribution in [3.8, 4) is 5.75 Å². The third-order valence-corrected chi connectivity index (χ3v) is 6.41. The molecule has 176 valence electrons. The third kappa shape index (κ3) is 7.09. The van der Waals surface area contributed by atoms with Crippen molar-refractivity contribution >= 4 is 23.4 Å². The van der Waals surface area contributed by atoms with Crippen molar-refractivity contribution in [1.29, 1.82) is 0 Å². The molecule has 1 heterocycles. The van der Waals surface area contributed by atoms with E-state index in [9.17, 15) is 4.79 Å². The van der Waals surface area contributed by atoms with Crippen LogP contribution in [0.15, 0.2) is 59.8 Å². The van der Waals surface area contributed by atoms with Gasteiger partial charge in [-0.15, -0.1) is 10.2 Å². The average molecular weight is 467 g/mol. The lowest BCUT2D eigenvalue weighted by Gasteiger charge is -2.17. The van der Waals surface area contributed by atoms with Crippen molar-refractivity contribution in [2.24, 2.45) is 5.92 Å². The average Bonchev–Trinajstić information content (AvgIpc) is 3.18. The molecule has 1 atom stereocenters. The molecule has 1 aromatic heterocycles. The van der Waals surface area contributed by atoms with Crippen molar-refractivity contribution in [2.75, 3.05) is 5.32 Å². The van der Waals surface area contributed by atoms with Gasteiger partial charge in [0.1, 0.15) is 12.4 Å². The number of hydrogen-bond donors (Lipinski definition) is 1. The van der Waals surface area contributed by atoms with Crippen molar-refractivity contribution in [3.63, 3.8) is 0 Å². The number of thioether (sulfide) groups is 1. The Hall–Kier alpha value is -2.80. The van der Waals surface area contributed by atoms with Gasteiger partial charge in [-0.05, 0) is 48.9 Å². The molecule has 0 bridgehead atoms. The fourth-order valence-corrected chi connectivity index (χ4v) is 4.24. The van der Waals surface area contributed by atoms with Crippen LogP contribution >= 0.6 is 11.8 Å². The van der Waals surface area contributed by atoms with Crippen LogP contribution in [0.25, 0.3) is 0 Å². The normalized spacial score (nSPS) is 12.2. The van der Waals surface area contributed by atoms with Crippen LogP contribution in [0.1, 0.15) is 58.3 Å². The third-order valence-electron chi connectivity index (χ3n) is 5.33. The van der Waals surface area contributed by atoms with Gasteiger partial charge in [-0.3, -0.25) is 4.79 Å². The van der Waals surface area contributed by atoms with Gasteiger partial charge >= 0.3 is 0 Å². The second-order valence-electron chi connectivity index (χ2n) is 8.83. The van der Waals surface area contributed by atoms with Gasteiger partial charge in [0.15, 0.2) is 11.0 Å². The molecule has 0 aliphatic heterocycles. The van der Waals surface area contributed by atoms with Gasteiger partial charge in [-0.1, -0.05) is 75.9 Å². The molecule has 0 radical (unpaired) electrons. The summed E-state index contributed by atoms with van der Waals surface area (Å²) >= 11 is 1.43. The number of aromatic nitrogens is 3. The standard InChI is InChI=1S/C26H34N4O2S/c1-18(2)15-16-30-24(17-32-21-11-7-6-8-12-21)28-29-26(30)33-20(5)25(31)27-23-14-10-9-13-22(23)19(3)4/h6-14,18-20H,15-17H2,1-5H3,(H,27,31). The maximum absolute atomic E-state index is 13.0. The lowest BCUT2D eigenvalue weighted by atomic mass is 10.0. The molecule has 7 heteroatoms. The summed E-state index contributed by atoms with van der Waals surface area (Å²) < 4.78 is 7.99. The first-order valence-corrected chi connectivity index (χ1v) is 12.4. The van der Waals surface area contributed by atoms with E-state index in [0.717, 1.165) is 40.9 Å². The molecular formula is C26H34N4O2S. The highest BCUT2D eigenvalue weighted by molar-refractivity contribution is 8.00. The van der Waals surface area contributed by atoms with Crippen LogP contribution in [0.5, 0.6) is 5.75 Å². The molecule has 1 unspecified atom stereocenters. The molecule has 0 saturated heterocycles. The summed E-state index contributed by atoms with van der Waals surface area (Å²) in [5.41, 5.74) is 1.99. The van der Waals surface area contributed by atoms with Crippen LogP contribution < -0.4 is 10.1 Å². The molecule has 33 heavy (non-hydrogen) atoms. The molecule has 6 nitrogen and oxygen atoms in total. The molecule has 1 N–H and O–H groups in total. The van der Waals surface area contributed by atoms with Gasteiger partial charge in [0, 0.05) is 12.2 Å². The molecular weight excluding hydrogens is 432 g/mol. The monoisotopic (exact) mass is 466 g/mol. The Morgan fingerprint density at radius 1 is 1.00 bits per heavy atom. The highest BCUT2D eigenvalue weighted by Crippen LogP contribution is 2.27. The Labute approximate surface area is 201 Å².